The van der Waals surface area contributed by atoms with Gasteiger partial charge in [-0.25, -0.2) is 9.98 Å². The molecule has 3 rings (SSSR count). The second-order valence-corrected chi connectivity index (χ2v) is 8.61. The van der Waals surface area contributed by atoms with Crippen molar-refractivity contribution in [3.63, 3.8) is 0 Å². The van der Waals surface area contributed by atoms with Crippen molar-refractivity contribution in [2.75, 3.05) is 31.4 Å². The molecule has 7 nitrogen and oxygen atoms in total. The molecule has 30 heavy (non-hydrogen) atoms. The summed E-state index contributed by atoms with van der Waals surface area (Å²) in [6.07, 6.45) is 0. The van der Waals surface area contributed by atoms with Gasteiger partial charge in [-0.2, -0.15) is 9.78 Å². The lowest BCUT2D eigenvalue weighted by Gasteiger charge is -2.18. The van der Waals surface area contributed by atoms with E-state index in [0.717, 1.165) is 33.9 Å². The van der Waals surface area contributed by atoms with Crippen molar-refractivity contribution in [2.45, 2.75) is 53.4 Å². The van der Waals surface area contributed by atoms with Gasteiger partial charge in [-0.3, -0.25) is 4.79 Å². The lowest BCUT2D eigenvalue weighted by molar-refractivity contribution is 0.685. The Bertz CT molecular complexity index is 1110. The van der Waals surface area contributed by atoms with Gasteiger partial charge >= 0.3 is 0 Å². The Kier molecular flexibility index (Phi) is 5.83. The van der Waals surface area contributed by atoms with Crippen molar-refractivity contribution in [3.8, 4) is 0 Å². The monoisotopic (exact) mass is 408 g/mol. The molecular weight excluding hydrogens is 376 g/mol. The van der Waals surface area contributed by atoms with Gasteiger partial charge in [0.25, 0.3) is 5.56 Å². The number of aliphatic imine (C=N–C) groups is 1. The summed E-state index contributed by atoms with van der Waals surface area (Å²) in [7, 11) is 5.91. The zero-order valence-electron chi connectivity index (χ0n) is 19.5. The summed E-state index contributed by atoms with van der Waals surface area (Å²) in [5.74, 6) is 0.731. The highest BCUT2D eigenvalue weighted by Crippen LogP contribution is 2.34. The van der Waals surface area contributed by atoms with Crippen molar-refractivity contribution in [2.24, 2.45) is 10.1 Å². The van der Waals surface area contributed by atoms with Crippen LogP contribution in [0.25, 0.3) is 0 Å². The van der Waals surface area contributed by atoms with E-state index in [4.69, 9.17) is 9.98 Å². The molecule has 1 aromatic heterocycles. The number of nitrogens with one attached hydrogen (secondary N) is 1. The third kappa shape index (κ3) is 3.64. The first kappa shape index (κ1) is 21.7. The number of hydrogen-bond acceptors (Lipinski definition) is 6. The summed E-state index contributed by atoms with van der Waals surface area (Å²) < 4.78 is 1.41. The molecule has 0 bridgehead atoms. The molecule has 1 N–H and O–H groups in total. The van der Waals surface area contributed by atoms with E-state index in [0.29, 0.717) is 17.2 Å². The SMILES string of the molecule is CNc1cc(N(C)C)cc(C)c1N=C1C(C)=Nn2c1nc(C(C)C)c(C(C)C)c2=O. The van der Waals surface area contributed by atoms with Crippen LogP contribution in [-0.4, -0.2) is 42.2 Å². The molecule has 0 radical (unpaired) electrons. The molecule has 2 heterocycles. The fraction of sp³-hybridized carbons (Fsp3) is 0.478. The number of aromatic nitrogens is 2. The van der Waals surface area contributed by atoms with Crippen LogP contribution in [0.4, 0.5) is 17.1 Å². The van der Waals surface area contributed by atoms with Crippen LogP contribution in [0, 0.1) is 6.92 Å². The number of anilines is 2. The lowest BCUT2D eigenvalue weighted by atomic mass is 9.96. The number of aryl methyl sites for hydroxylation is 1. The second kappa shape index (κ2) is 8.05. The van der Waals surface area contributed by atoms with E-state index in [-0.39, 0.29) is 17.4 Å². The van der Waals surface area contributed by atoms with Crippen LogP contribution in [0.5, 0.6) is 0 Å². The zero-order valence-corrected chi connectivity index (χ0v) is 19.5. The summed E-state index contributed by atoms with van der Waals surface area (Å²) >= 11 is 0. The average Bonchev–Trinajstić information content (AvgIpc) is 2.98. The van der Waals surface area contributed by atoms with Crippen LogP contribution in [0.2, 0.25) is 0 Å². The minimum atomic E-state index is -0.100. The number of fused-ring (bicyclic) bond motifs is 1. The van der Waals surface area contributed by atoms with Crippen molar-refractivity contribution < 1.29 is 0 Å². The molecule has 1 aliphatic rings. The van der Waals surface area contributed by atoms with Gasteiger partial charge in [-0.05, 0) is 43.4 Å². The molecule has 0 aliphatic carbocycles. The van der Waals surface area contributed by atoms with E-state index in [1.165, 1.54) is 4.68 Å². The minimum Gasteiger partial charge on any atom is -0.386 e. The predicted octanol–water partition coefficient (Wildman–Crippen LogP) is 4.26. The lowest BCUT2D eigenvalue weighted by Crippen LogP contribution is -2.28. The Morgan fingerprint density at radius 3 is 2.30 bits per heavy atom. The number of benzene rings is 1. The van der Waals surface area contributed by atoms with Gasteiger partial charge in [0.15, 0.2) is 5.82 Å². The third-order valence-electron chi connectivity index (χ3n) is 5.35. The number of nitrogens with zero attached hydrogens (tertiary/aromatic N) is 5. The highest BCUT2D eigenvalue weighted by atomic mass is 16.1. The molecular formula is C23H32N6O. The zero-order chi connectivity index (χ0) is 22.3. The molecule has 0 atom stereocenters. The van der Waals surface area contributed by atoms with Crippen LogP contribution < -0.4 is 15.8 Å². The van der Waals surface area contributed by atoms with Gasteiger partial charge in [0.05, 0.1) is 22.8 Å². The van der Waals surface area contributed by atoms with Crippen molar-refractivity contribution >= 4 is 28.5 Å². The van der Waals surface area contributed by atoms with Crippen molar-refractivity contribution in [1.29, 1.82) is 0 Å². The molecule has 1 aliphatic heterocycles. The fourth-order valence-electron chi connectivity index (χ4n) is 3.73. The Morgan fingerprint density at radius 1 is 1.10 bits per heavy atom. The largest absolute Gasteiger partial charge is 0.386 e. The molecule has 0 spiro atoms. The van der Waals surface area contributed by atoms with E-state index >= 15 is 0 Å². The standard InChI is InChI=1S/C23H32N6O/c1-12(2)18-19(13(3)4)26-22-21(15(6)27-29(22)23(18)30)25-20-14(5)10-16(28(8)9)11-17(20)24-7/h10-13,24H,1-9H3. The van der Waals surface area contributed by atoms with E-state index < -0.39 is 0 Å². The minimum absolute atomic E-state index is 0.0772. The number of hydrogen-bond donors (Lipinski definition) is 1. The Morgan fingerprint density at radius 2 is 1.77 bits per heavy atom. The Balaban J connectivity index is 2.27. The summed E-state index contributed by atoms with van der Waals surface area (Å²) in [5, 5.41) is 7.75. The average molecular weight is 409 g/mol. The predicted molar refractivity (Wildman–Crippen MR) is 126 cm³/mol. The van der Waals surface area contributed by atoms with Gasteiger partial charge in [0.2, 0.25) is 0 Å². The molecule has 0 saturated carbocycles. The summed E-state index contributed by atoms with van der Waals surface area (Å²) in [6, 6.07) is 4.17. The molecule has 2 aromatic rings. The first-order valence-corrected chi connectivity index (χ1v) is 10.4. The molecule has 0 saturated heterocycles. The molecule has 0 unspecified atom stereocenters. The quantitative estimate of drug-likeness (QED) is 0.802. The van der Waals surface area contributed by atoms with Crippen LogP contribution in [0.3, 0.4) is 0 Å². The van der Waals surface area contributed by atoms with Crippen LogP contribution >= 0.6 is 0 Å². The normalized spacial score (nSPS) is 14.5. The maximum atomic E-state index is 13.2. The topological polar surface area (TPSA) is 74.9 Å². The highest BCUT2D eigenvalue weighted by Gasteiger charge is 2.28. The Hall–Kier alpha value is -2.96. The molecule has 0 fully saturated rings. The van der Waals surface area contributed by atoms with Crippen molar-refractivity contribution in [3.05, 3.63) is 45.1 Å². The first-order chi connectivity index (χ1) is 14.1. The van der Waals surface area contributed by atoms with E-state index in [2.05, 4.69) is 41.3 Å². The second-order valence-electron chi connectivity index (χ2n) is 8.61. The first-order valence-electron chi connectivity index (χ1n) is 10.4. The van der Waals surface area contributed by atoms with Crippen LogP contribution in [0.1, 0.15) is 69.1 Å². The summed E-state index contributed by atoms with van der Waals surface area (Å²) in [5.41, 5.74) is 6.66. The van der Waals surface area contributed by atoms with E-state index in [1.807, 2.05) is 48.8 Å². The smallest absolute Gasteiger partial charge is 0.278 e. The maximum Gasteiger partial charge on any atom is 0.278 e. The van der Waals surface area contributed by atoms with Gasteiger partial charge in [-0.15, -0.1) is 0 Å². The van der Waals surface area contributed by atoms with Gasteiger partial charge < -0.3 is 10.2 Å². The number of rotatable bonds is 5. The molecule has 1 aromatic carbocycles. The van der Waals surface area contributed by atoms with Crippen molar-refractivity contribution in [1.82, 2.24) is 9.66 Å². The third-order valence-corrected chi connectivity index (χ3v) is 5.35. The molecule has 160 valence electrons. The van der Waals surface area contributed by atoms with Gasteiger partial charge in [0, 0.05) is 32.4 Å². The summed E-state index contributed by atoms with van der Waals surface area (Å²) in [6.45, 7) is 12.1. The van der Waals surface area contributed by atoms with Crippen LogP contribution in [0.15, 0.2) is 27.0 Å². The van der Waals surface area contributed by atoms with Gasteiger partial charge in [-0.1, -0.05) is 27.7 Å². The fourth-order valence-corrected chi connectivity index (χ4v) is 3.73. The maximum absolute atomic E-state index is 13.2. The summed E-state index contributed by atoms with van der Waals surface area (Å²) in [4.78, 5) is 25.1. The van der Waals surface area contributed by atoms with E-state index in [9.17, 15) is 4.79 Å². The Labute approximate surface area is 178 Å². The van der Waals surface area contributed by atoms with Crippen LogP contribution in [-0.2, 0) is 0 Å². The molecule has 0 amide bonds. The molecule has 7 heteroatoms. The highest BCUT2D eigenvalue weighted by molar-refractivity contribution is 6.48. The van der Waals surface area contributed by atoms with E-state index in [1.54, 1.807) is 0 Å². The van der Waals surface area contributed by atoms with Gasteiger partial charge in [0.1, 0.15) is 5.71 Å².